The van der Waals surface area contributed by atoms with Crippen molar-refractivity contribution >= 4 is 24.2 Å². The Labute approximate surface area is 84.6 Å². The van der Waals surface area contributed by atoms with E-state index < -0.39 is 0 Å². The monoisotopic (exact) mass is 184 g/mol. The molecule has 2 rings (SSSR count). The van der Waals surface area contributed by atoms with E-state index >= 15 is 0 Å². The Kier molecular flexibility index (Phi) is 2.50. The van der Waals surface area contributed by atoms with Gasteiger partial charge in [0, 0.05) is 12.1 Å². The normalized spacial score (nSPS) is 10.6. The van der Waals surface area contributed by atoms with E-state index in [-0.39, 0.29) is 0 Å². The highest BCUT2D eigenvalue weighted by Gasteiger charge is 1.97. The van der Waals surface area contributed by atoms with Gasteiger partial charge >= 0.3 is 0 Å². The van der Waals surface area contributed by atoms with Gasteiger partial charge in [-0.1, -0.05) is 23.7 Å². The summed E-state index contributed by atoms with van der Waals surface area (Å²) < 4.78 is 0. The van der Waals surface area contributed by atoms with Crippen LogP contribution in [0.4, 0.5) is 0 Å². The van der Waals surface area contributed by atoms with Gasteiger partial charge in [-0.2, -0.15) is 0 Å². The minimum atomic E-state index is 0.657. The van der Waals surface area contributed by atoms with E-state index in [1.54, 1.807) is 0 Å². The van der Waals surface area contributed by atoms with Crippen molar-refractivity contribution in [3.63, 3.8) is 0 Å². The summed E-state index contributed by atoms with van der Waals surface area (Å²) in [5.74, 6) is 0. The second kappa shape index (κ2) is 3.80. The van der Waals surface area contributed by atoms with Gasteiger partial charge in [0.1, 0.15) is 7.85 Å². The van der Waals surface area contributed by atoms with Gasteiger partial charge in [0.15, 0.2) is 0 Å². The van der Waals surface area contributed by atoms with E-state index in [1.165, 1.54) is 10.8 Å². The van der Waals surface area contributed by atoms with E-state index in [1.807, 2.05) is 0 Å². The molecule has 0 bridgehead atoms. The Balaban J connectivity index is 2.50. The molecule has 0 amide bonds. The summed E-state index contributed by atoms with van der Waals surface area (Å²) in [7, 11) is 2.09. The number of fused-ring (bicyclic) bond motifs is 1. The average molecular weight is 184 g/mol. The first-order chi connectivity index (χ1) is 6.79. The highest BCUT2D eigenvalue weighted by Crippen LogP contribution is 2.10. The van der Waals surface area contributed by atoms with Crippen molar-refractivity contribution in [2.24, 2.45) is 5.73 Å². The summed E-state index contributed by atoms with van der Waals surface area (Å²) in [5.41, 5.74) is 8.89. The first-order valence-corrected chi connectivity index (χ1v) is 4.86. The van der Waals surface area contributed by atoms with Crippen LogP contribution in [0.25, 0.3) is 10.9 Å². The maximum absolute atomic E-state index is 5.49. The Morgan fingerprint density at radius 1 is 1.21 bits per heavy atom. The number of hydrogen-bond donors (Lipinski definition) is 1. The first kappa shape index (κ1) is 9.22. The summed E-state index contributed by atoms with van der Waals surface area (Å²) in [5, 5.41) is 1.20. The van der Waals surface area contributed by atoms with Gasteiger partial charge in [0.05, 0.1) is 5.52 Å². The second-order valence-corrected chi connectivity index (χ2v) is 3.54. The molecule has 0 saturated heterocycles. The third-order valence-electron chi connectivity index (χ3n) is 2.30. The van der Waals surface area contributed by atoms with Gasteiger partial charge in [-0.25, -0.2) is 0 Å². The van der Waals surface area contributed by atoms with Crippen LogP contribution in [0.1, 0.15) is 5.69 Å². The Bertz CT molecular complexity index is 454. The van der Waals surface area contributed by atoms with Crippen molar-refractivity contribution in [2.75, 3.05) is 6.54 Å². The zero-order valence-corrected chi connectivity index (χ0v) is 8.33. The van der Waals surface area contributed by atoms with Crippen molar-refractivity contribution in [3.8, 4) is 0 Å². The maximum Gasteiger partial charge on any atom is 0.139 e. The van der Waals surface area contributed by atoms with Crippen molar-refractivity contribution in [2.45, 2.75) is 6.42 Å². The van der Waals surface area contributed by atoms with Gasteiger partial charge in [0.25, 0.3) is 0 Å². The molecule has 14 heavy (non-hydrogen) atoms. The molecule has 0 aliphatic rings. The number of aromatic nitrogens is 1. The summed E-state index contributed by atoms with van der Waals surface area (Å²) >= 11 is 0. The first-order valence-electron chi connectivity index (χ1n) is 4.86. The van der Waals surface area contributed by atoms with Crippen molar-refractivity contribution in [1.82, 2.24) is 4.98 Å². The van der Waals surface area contributed by atoms with Gasteiger partial charge in [0.2, 0.25) is 0 Å². The predicted molar refractivity (Wildman–Crippen MR) is 62.7 cm³/mol. The zero-order chi connectivity index (χ0) is 9.97. The fourth-order valence-electron chi connectivity index (χ4n) is 1.57. The summed E-state index contributed by atoms with van der Waals surface area (Å²) in [4.78, 5) is 4.53. The van der Waals surface area contributed by atoms with Gasteiger partial charge in [-0.15, -0.1) is 0 Å². The fourth-order valence-corrected chi connectivity index (χ4v) is 1.57. The van der Waals surface area contributed by atoms with E-state index in [0.717, 1.165) is 17.6 Å². The summed E-state index contributed by atoms with van der Waals surface area (Å²) in [6.45, 7) is 0.657. The quantitative estimate of drug-likeness (QED) is 0.667. The van der Waals surface area contributed by atoms with Crippen molar-refractivity contribution in [1.29, 1.82) is 0 Å². The van der Waals surface area contributed by atoms with E-state index in [4.69, 9.17) is 5.73 Å². The van der Waals surface area contributed by atoms with Crippen LogP contribution in [0.5, 0.6) is 0 Å². The topological polar surface area (TPSA) is 38.9 Å². The summed E-state index contributed by atoms with van der Waals surface area (Å²) in [6, 6.07) is 10.5. The Hall–Kier alpha value is -1.35. The van der Waals surface area contributed by atoms with Gasteiger partial charge in [-0.3, -0.25) is 4.98 Å². The van der Waals surface area contributed by atoms with Gasteiger partial charge < -0.3 is 5.73 Å². The molecule has 0 aliphatic carbocycles. The molecule has 0 unspecified atom stereocenters. The maximum atomic E-state index is 5.49. The molecule has 0 radical (unpaired) electrons. The molecule has 1 heterocycles. The molecule has 0 fully saturated rings. The predicted octanol–water partition coefficient (Wildman–Crippen LogP) is -0.00560. The van der Waals surface area contributed by atoms with E-state index in [9.17, 15) is 0 Å². The smallest absolute Gasteiger partial charge is 0.139 e. The number of rotatable bonds is 2. The lowest BCUT2D eigenvalue weighted by Crippen LogP contribution is -2.05. The highest BCUT2D eigenvalue weighted by atomic mass is 14.7. The number of nitrogens with two attached hydrogens (primary N) is 1. The molecule has 2 N–H and O–H groups in total. The minimum Gasteiger partial charge on any atom is -0.330 e. The van der Waals surface area contributed by atoms with Crippen LogP contribution in [0, 0.1) is 0 Å². The molecule has 70 valence electrons. The third kappa shape index (κ3) is 1.78. The molecule has 3 heteroatoms. The lowest BCUT2D eigenvalue weighted by atomic mass is 9.95. The zero-order valence-electron chi connectivity index (χ0n) is 8.33. The number of benzene rings is 1. The van der Waals surface area contributed by atoms with Crippen molar-refractivity contribution in [3.05, 3.63) is 36.0 Å². The number of hydrogen-bond acceptors (Lipinski definition) is 2. The molecule has 0 saturated carbocycles. The molecule has 0 atom stereocenters. The minimum absolute atomic E-state index is 0.657. The van der Waals surface area contributed by atoms with E-state index in [2.05, 4.69) is 43.2 Å². The van der Waals surface area contributed by atoms with Crippen molar-refractivity contribution < 1.29 is 0 Å². The summed E-state index contributed by atoms with van der Waals surface area (Å²) in [6.07, 6.45) is 0.851. The van der Waals surface area contributed by atoms with Crippen LogP contribution < -0.4 is 11.2 Å². The Morgan fingerprint density at radius 3 is 2.86 bits per heavy atom. The molecule has 1 aromatic heterocycles. The SMILES string of the molecule is Bc1ccc2nc(CCN)ccc2c1. The molecule has 2 nitrogen and oxygen atoms in total. The van der Waals surface area contributed by atoms with Crippen LogP contribution in [-0.2, 0) is 6.42 Å². The molecule has 1 aromatic carbocycles. The van der Waals surface area contributed by atoms with Crippen LogP contribution in [0.2, 0.25) is 0 Å². The number of pyridine rings is 1. The molecule has 2 aromatic rings. The number of nitrogens with zero attached hydrogens (tertiary/aromatic N) is 1. The van der Waals surface area contributed by atoms with Crippen LogP contribution in [0.15, 0.2) is 30.3 Å². The van der Waals surface area contributed by atoms with E-state index in [0.29, 0.717) is 6.54 Å². The lowest BCUT2D eigenvalue weighted by molar-refractivity contribution is 0.932. The molecule has 0 aliphatic heterocycles. The molecular formula is C11H13BN2. The standard InChI is InChI=1S/C11H13BN2/c12-9-2-4-11-8(7-9)1-3-10(14-11)5-6-13/h1-4,7H,5-6,12-13H2. The Morgan fingerprint density at radius 2 is 2.07 bits per heavy atom. The average Bonchev–Trinajstić information content (AvgIpc) is 2.19. The van der Waals surface area contributed by atoms with Crippen LogP contribution in [0.3, 0.4) is 0 Å². The highest BCUT2D eigenvalue weighted by molar-refractivity contribution is 6.33. The second-order valence-electron chi connectivity index (χ2n) is 3.54. The largest absolute Gasteiger partial charge is 0.330 e. The van der Waals surface area contributed by atoms with Crippen LogP contribution >= 0.6 is 0 Å². The van der Waals surface area contributed by atoms with Gasteiger partial charge in [-0.05, 0) is 24.1 Å². The molecular weight excluding hydrogens is 171 g/mol. The fraction of sp³-hybridized carbons (Fsp3) is 0.182. The third-order valence-corrected chi connectivity index (χ3v) is 2.30. The lowest BCUT2D eigenvalue weighted by Gasteiger charge is -2.02. The molecule has 0 spiro atoms. The van der Waals surface area contributed by atoms with Crippen LogP contribution in [-0.4, -0.2) is 19.4 Å².